The van der Waals surface area contributed by atoms with E-state index in [1.165, 1.54) is 9.75 Å². The minimum Gasteiger partial charge on any atom is -0.477 e. The Morgan fingerprint density at radius 2 is 2.22 bits per heavy atom. The Hall–Kier alpha value is -1.82. The molecule has 0 aromatic carbocycles. The number of carboxylic acids is 1. The number of carbonyl (C=O) groups is 1. The van der Waals surface area contributed by atoms with Crippen molar-refractivity contribution >= 4 is 23.1 Å². The monoisotopic (exact) mass is 265 g/mol. The molecule has 0 spiro atoms. The van der Waals surface area contributed by atoms with Crippen molar-refractivity contribution in [2.75, 3.05) is 5.32 Å². The summed E-state index contributed by atoms with van der Waals surface area (Å²) in [5, 5.41) is 16.4. The van der Waals surface area contributed by atoms with E-state index in [2.05, 4.69) is 10.4 Å². The number of thiophene rings is 1. The van der Waals surface area contributed by atoms with Crippen LogP contribution in [0.4, 0.5) is 5.82 Å². The number of carboxylic acid groups (broad SMARTS) is 1. The zero-order valence-corrected chi connectivity index (χ0v) is 11.3. The zero-order valence-electron chi connectivity index (χ0n) is 10.5. The highest BCUT2D eigenvalue weighted by Gasteiger charge is 2.19. The maximum absolute atomic E-state index is 11.2. The Bertz CT molecular complexity index is 586. The maximum Gasteiger partial charge on any atom is 0.341 e. The van der Waals surface area contributed by atoms with Crippen LogP contribution in [0, 0.1) is 13.8 Å². The first kappa shape index (κ1) is 12.6. The highest BCUT2D eigenvalue weighted by molar-refractivity contribution is 7.11. The van der Waals surface area contributed by atoms with E-state index < -0.39 is 5.97 Å². The molecule has 2 rings (SSSR count). The highest BCUT2D eigenvalue weighted by atomic mass is 32.1. The molecule has 0 unspecified atom stereocenters. The van der Waals surface area contributed by atoms with Crippen molar-refractivity contribution in [3.8, 4) is 0 Å². The SMILES string of the molecule is Cc1ccc(CNc2c(C(=O)O)c(C)nn2C)s1. The van der Waals surface area contributed by atoms with Gasteiger partial charge in [-0.3, -0.25) is 4.68 Å². The predicted molar refractivity (Wildman–Crippen MR) is 71.3 cm³/mol. The van der Waals surface area contributed by atoms with Crippen LogP contribution in [0.5, 0.6) is 0 Å². The summed E-state index contributed by atoms with van der Waals surface area (Å²) in [6.45, 7) is 4.35. The second kappa shape index (κ2) is 4.81. The second-order valence-corrected chi connectivity index (χ2v) is 5.48. The van der Waals surface area contributed by atoms with Crippen molar-refractivity contribution in [2.45, 2.75) is 20.4 Å². The number of anilines is 1. The fraction of sp³-hybridized carbons (Fsp3) is 0.333. The van der Waals surface area contributed by atoms with Gasteiger partial charge in [0.1, 0.15) is 11.4 Å². The molecule has 2 heterocycles. The Kier molecular flexibility index (Phi) is 3.38. The first-order chi connectivity index (χ1) is 8.49. The normalized spacial score (nSPS) is 10.6. The van der Waals surface area contributed by atoms with Crippen LogP contribution < -0.4 is 5.32 Å². The predicted octanol–water partition coefficient (Wildman–Crippen LogP) is 2.41. The summed E-state index contributed by atoms with van der Waals surface area (Å²) in [6.07, 6.45) is 0. The molecule has 0 saturated heterocycles. The minimum absolute atomic E-state index is 0.241. The van der Waals surface area contributed by atoms with Gasteiger partial charge < -0.3 is 10.4 Å². The molecule has 6 heteroatoms. The van der Waals surface area contributed by atoms with Gasteiger partial charge in [0.15, 0.2) is 0 Å². The van der Waals surface area contributed by atoms with Crippen LogP contribution in [0.15, 0.2) is 12.1 Å². The van der Waals surface area contributed by atoms with Crippen LogP contribution in [0.25, 0.3) is 0 Å². The number of aromatic nitrogens is 2. The van der Waals surface area contributed by atoms with E-state index in [1.54, 1.807) is 30.0 Å². The molecule has 5 nitrogen and oxygen atoms in total. The van der Waals surface area contributed by atoms with E-state index in [9.17, 15) is 9.90 Å². The van der Waals surface area contributed by atoms with Gasteiger partial charge in [0.05, 0.1) is 12.2 Å². The molecule has 0 fully saturated rings. The summed E-state index contributed by atoms with van der Waals surface area (Å²) in [6, 6.07) is 4.09. The van der Waals surface area contributed by atoms with Gasteiger partial charge in [0.25, 0.3) is 0 Å². The average Bonchev–Trinajstić information content (AvgIpc) is 2.79. The molecule has 0 aliphatic rings. The summed E-state index contributed by atoms with van der Waals surface area (Å²) in [5.74, 6) is -0.406. The van der Waals surface area contributed by atoms with Crippen molar-refractivity contribution in [3.63, 3.8) is 0 Å². The molecule has 18 heavy (non-hydrogen) atoms. The van der Waals surface area contributed by atoms with Crippen LogP contribution in [0.2, 0.25) is 0 Å². The van der Waals surface area contributed by atoms with E-state index in [0.717, 1.165) is 0 Å². The molecule has 0 amide bonds. The number of aromatic carboxylic acids is 1. The van der Waals surface area contributed by atoms with Crippen molar-refractivity contribution in [3.05, 3.63) is 33.1 Å². The lowest BCUT2D eigenvalue weighted by atomic mass is 10.2. The number of nitrogens with zero attached hydrogens (tertiary/aromatic N) is 2. The zero-order chi connectivity index (χ0) is 13.3. The molecule has 0 saturated carbocycles. The summed E-state index contributed by atoms with van der Waals surface area (Å²) in [5.41, 5.74) is 0.764. The molecular formula is C12H15N3O2S. The molecule has 0 bridgehead atoms. The smallest absolute Gasteiger partial charge is 0.341 e. The van der Waals surface area contributed by atoms with Gasteiger partial charge in [0, 0.05) is 16.8 Å². The number of hydrogen-bond donors (Lipinski definition) is 2. The van der Waals surface area contributed by atoms with Gasteiger partial charge in [-0.15, -0.1) is 11.3 Å². The first-order valence-corrected chi connectivity index (χ1v) is 6.36. The summed E-state index contributed by atoms with van der Waals surface area (Å²) < 4.78 is 1.57. The van der Waals surface area contributed by atoms with Crippen LogP contribution in [0.1, 0.15) is 25.8 Å². The average molecular weight is 265 g/mol. The van der Waals surface area contributed by atoms with Crippen molar-refractivity contribution < 1.29 is 9.90 Å². The van der Waals surface area contributed by atoms with Crippen molar-refractivity contribution in [2.24, 2.45) is 7.05 Å². The molecule has 2 aromatic heterocycles. The fourth-order valence-corrected chi connectivity index (χ4v) is 2.70. The van der Waals surface area contributed by atoms with E-state index in [0.29, 0.717) is 18.1 Å². The van der Waals surface area contributed by atoms with Crippen LogP contribution in [0.3, 0.4) is 0 Å². The van der Waals surface area contributed by atoms with Crippen LogP contribution in [-0.2, 0) is 13.6 Å². The number of nitrogens with one attached hydrogen (secondary N) is 1. The van der Waals surface area contributed by atoms with Gasteiger partial charge in [-0.05, 0) is 26.0 Å². The highest BCUT2D eigenvalue weighted by Crippen LogP contribution is 2.21. The molecule has 0 aliphatic carbocycles. The number of hydrogen-bond acceptors (Lipinski definition) is 4. The van der Waals surface area contributed by atoms with E-state index in [-0.39, 0.29) is 5.56 Å². The number of rotatable bonds is 4. The molecule has 2 N–H and O–H groups in total. The second-order valence-electron chi connectivity index (χ2n) is 4.10. The van der Waals surface area contributed by atoms with Crippen LogP contribution in [-0.4, -0.2) is 20.9 Å². The molecule has 0 radical (unpaired) electrons. The molecule has 96 valence electrons. The Morgan fingerprint density at radius 1 is 1.50 bits per heavy atom. The van der Waals surface area contributed by atoms with Crippen LogP contribution >= 0.6 is 11.3 Å². The lowest BCUT2D eigenvalue weighted by molar-refractivity contribution is 0.0697. The lowest BCUT2D eigenvalue weighted by Gasteiger charge is -2.06. The van der Waals surface area contributed by atoms with Crippen molar-refractivity contribution in [1.29, 1.82) is 0 Å². The standard InChI is InChI=1S/C12H15N3O2S/c1-7-4-5-9(18-7)6-13-11-10(12(16)17)8(2)14-15(11)3/h4-5,13H,6H2,1-3H3,(H,16,17). The summed E-state index contributed by atoms with van der Waals surface area (Å²) >= 11 is 1.69. The van der Waals surface area contributed by atoms with E-state index in [1.807, 2.05) is 19.1 Å². The quantitative estimate of drug-likeness (QED) is 0.891. The number of aryl methyl sites for hydroxylation is 3. The lowest BCUT2D eigenvalue weighted by Crippen LogP contribution is -2.08. The Morgan fingerprint density at radius 3 is 2.78 bits per heavy atom. The molecule has 2 aromatic rings. The van der Waals surface area contributed by atoms with E-state index >= 15 is 0 Å². The third-order valence-electron chi connectivity index (χ3n) is 2.66. The fourth-order valence-electron chi connectivity index (χ4n) is 1.87. The topological polar surface area (TPSA) is 67.2 Å². The summed E-state index contributed by atoms with van der Waals surface area (Å²) in [4.78, 5) is 13.6. The summed E-state index contributed by atoms with van der Waals surface area (Å²) in [7, 11) is 1.74. The Labute approximate surface area is 109 Å². The van der Waals surface area contributed by atoms with Gasteiger partial charge in [0.2, 0.25) is 0 Å². The Balaban J connectivity index is 2.21. The third-order valence-corrected chi connectivity index (χ3v) is 3.66. The van der Waals surface area contributed by atoms with Crippen molar-refractivity contribution in [1.82, 2.24) is 9.78 Å². The molecule has 0 atom stereocenters. The van der Waals surface area contributed by atoms with Gasteiger partial charge in [-0.25, -0.2) is 4.79 Å². The van der Waals surface area contributed by atoms with Gasteiger partial charge >= 0.3 is 5.97 Å². The first-order valence-electron chi connectivity index (χ1n) is 5.55. The molecule has 0 aliphatic heterocycles. The van der Waals surface area contributed by atoms with Gasteiger partial charge in [-0.2, -0.15) is 5.10 Å². The van der Waals surface area contributed by atoms with E-state index in [4.69, 9.17) is 0 Å². The largest absolute Gasteiger partial charge is 0.477 e. The third kappa shape index (κ3) is 2.38. The van der Waals surface area contributed by atoms with Gasteiger partial charge in [-0.1, -0.05) is 0 Å². The minimum atomic E-state index is -0.953. The molecular weight excluding hydrogens is 250 g/mol. The maximum atomic E-state index is 11.2.